The second-order valence-corrected chi connectivity index (χ2v) is 5.17. The van der Waals surface area contributed by atoms with Crippen LogP contribution < -0.4 is 24.3 Å². The van der Waals surface area contributed by atoms with Gasteiger partial charge in [-0.1, -0.05) is 12.1 Å². The maximum Gasteiger partial charge on any atom is 1.00 e. The van der Waals surface area contributed by atoms with Crippen LogP contribution in [0.25, 0.3) is 0 Å². The van der Waals surface area contributed by atoms with Crippen molar-refractivity contribution in [1.82, 2.24) is 4.90 Å². The fourth-order valence-corrected chi connectivity index (χ4v) is 2.19. The Bertz CT molecular complexity index is 433. The molecule has 0 bridgehead atoms. The maximum atomic E-state index is 11.0. The van der Waals surface area contributed by atoms with Crippen molar-refractivity contribution in [1.29, 1.82) is 0 Å². The minimum atomic E-state index is -1.98. The molecule has 1 aromatic carbocycles. The summed E-state index contributed by atoms with van der Waals surface area (Å²) in [5, 5.41) is 0. The van der Waals surface area contributed by atoms with E-state index in [0.29, 0.717) is 18.1 Å². The minimum Gasteiger partial charge on any atom is -1.00 e. The molecule has 1 fully saturated rings. The van der Waals surface area contributed by atoms with Crippen LogP contribution in [0.2, 0.25) is 0 Å². The Labute approximate surface area is 129 Å². The minimum absolute atomic E-state index is 0. The fourth-order valence-electron chi connectivity index (χ4n) is 1.75. The Morgan fingerprint density at radius 3 is 2.58 bits per heavy atom. The Morgan fingerprint density at radius 2 is 2.00 bits per heavy atom. The monoisotopic (exact) mass is 277 g/mol. The molecule has 1 N–H and O–H groups in total. The van der Waals surface area contributed by atoms with Gasteiger partial charge in [-0.05, 0) is 24.6 Å². The summed E-state index contributed by atoms with van der Waals surface area (Å²) in [6.45, 7) is 2.86. The first kappa shape index (κ1) is 16.9. The number of likely N-dealkylation sites (N-methyl/N-ethyl adjacent to an activating group) is 1. The molecule has 0 saturated carbocycles. The standard InChI is InChI=1S/C11H16BNO4S.Li.H/c1-13-5-7-16-12(17-8-6-13)10-3-2-4-11(9-10)18(14)15;;/h2-4,9H,5-8H2,1H3,(H,14,15);;/q;+1;-1. The van der Waals surface area contributed by atoms with Gasteiger partial charge in [0.2, 0.25) is 0 Å². The van der Waals surface area contributed by atoms with Crippen molar-refractivity contribution in [3.05, 3.63) is 24.3 Å². The van der Waals surface area contributed by atoms with E-state index in [1.807, 2.05) is 13.1 Å². The molecule has 8 heteroatoms. The van der Waals surface area contributed by atoms with E-state index < -0.39 is 18.2 Å². The van der Waals surface area contributed by atoms with Gasteiger partial charge in [-0.15, -0.1) is 0 Å². The smallest absolute Gasteiger partial charge is 1.00 e. The molecule has 0 aromatic heterocycles. The summed E-state index contributed by atoms with van der Waals surface area (Å²) in [5.74, 6) is 0. The first-order valence-electron chi connectivity index (χ1n) is 5.79. The van der Waals surface area contributed by atoms with Crippen LogP contribution in [0.1, 0.15) is 1.43 Å². The fraction of sp³-hybridized carbons (Fsp3) is 0.455. The Kier molecular flexibility index (Phi) is 7.33. The third kappa shape index (κ3) is 5.05. The predicted molar refractivity (Wildman–Crippen MR) is 71.4 cm³/mol. The molecule has 100 valence electrons. The van der Waals surface area contributed by atoms with E-state index in [-0.39, 0.29) is 20.3 Å². The van der Waals surface area contributed by atoms with Crippen molar-refractivity contribution in [3.63, 3.8) is 0 Å². The Balaban J connectivity index is 0.00000180. The Hall–Kier alpha value is -0.128. The molecular weight excluding hydrogens is 260 g/mol. The molecule has 0 amide bonds. The molecule has 19 heavy (non-hydrogen) atoms. The third-order valence-corrected chi connectivity index (χ3v) is 3.47. The van der Waals surface area contributed by atoms with Crippen LogP contribution in [-0.2, 0) is 20.4 Å². The van der Waals surface area contributed by atoms with Gasteiger partial charge in [0.1, 0.15) is 0 Å². The topological polar surface area (TPSA) is 59.0 Å². The molecule has 0 radical (unpaired) electrons. The van der Waals surface area contributed by atoms with Crippen molar-refractivity contribution in [2.45, 2.75) is 4.90 Å². The predicted octanol–water partition coefficient (Wildman–Crippen LogP) is -2.94. The van der Waals surface area contributed by atoms with Crippen LogP contribution in [0.4, 0.5) is 0 Å². The second-order valence-electron chi connectivity index (χ2n) is 4.20. The molecule has 1 aliphatic rings. The second kappa shape index (κ2) is 8.22. The van der Waals surface area contributed by atoms with Gasteiger partial charge >= 0.3 is 26.0 Å². The van der Waals surface area contributed by atoms with Gasteiger partial charge in [-0.2, -0.15) is 0 Å². The largest absolute Gasteiger partial charge is 1.00 e. The van der Waals surface area contributed by atoms with Gasteiger partial charge < -0.3 is 20.2 Å². The molecule has 1 aliphatic heterocycles. The molecule has 1 saturated heterocycles. The SMILES string of the molecule is CN1CCOB(c2cccc(S(=O)O)c2)OCC1.[H-].[Li+]. The number of hydrogen-bond donors (Lipinski definition) is 1. The van der Waals surface area contributed by atoms with Crippen molar-refractivity contribution in [2.24, 2.45) is 0 Å². The molecule has 1 atom stereocenters. The zero-order valence-corrected chi connectivity index (χ0v) is 12.1. The number of nitrogens with zero attached hydrogens (tertiary/aromatic N) is 1. The van der Waals surface area contributed by atoms with Gasteiger partial charge in [0, 0.05) is 26.3 Å². The van der Waals surface area contributed by atoms with Crippen LogP contribution in [0, 0.1) is 0 Å². The summed E-state index contributed by atoms with van der Waals surface area (Å²) >= 11 is -1.98. The molecule has 0 aliphatic carbocycles. The molecule has 1 heterocycles. The zero-order chi connectivity index (χ0) is 13.0. The van der Waals surface area contributed by atoms with Crippen LogP contribution >= 0.6 is 0 Å². The summed E-state index contributed by atoms with van der Waals surface area (Å²) < 4.78 is 31.3. The van der Waals surface area contributed by atoms with Crippen molar-refractivity contribution in [2.75, 3.05) is 33.4 Å². The average Bonchev–Trinajstić information content (AvgIpc) is 2.34. The first-order valence-corrected chi connectivity index (χ1v) is 6.90. The van der Waals surface area contributed by atoms with E-state index in [1.54, 1.807) is 18.2 Å². The summed E-state index contributed by atoms with van der Waals surface area (Å²) in [6, 6.07) is 6.82. The van der Waals surface area contributed by atoms with Crippen LogP contribution in [-0.4, -0.2) is 54.1 Å². The third-order valence-electron chi connectivity index (χ3n) is 2.82. The van der Waals surface area contributed by atoms with Crippen molar-refractivity contribution < 1.29 is 38.4 Å². The normalized spacial score (nSPS) is 19.2. The van der Waals surface area contributed by atoms with Gasteiger partial charge in [-0.25, -0.2) is 4.21 Å². The van der Waals surface area contributed by atoms with Crippen molar-refractivity contribution in [3.8, 4) is 0 Å². The molecule has 2 rings (SSSR count). The summed E-state index contributed by atoms with van der Waals surface area (Å²) in [4.78, 5) is 2.49. The quantitative estimate of drug-likeness (QED) is 0.463. The summed E-state index contributed by atoms with van der Waals surface area (Å²) in [5.41, 5.74) is 0.777. The number of benzene rings is 1. The van der Waals surface area contributed by atoms with Crippen molar-refractivity contribution >= 4 is 23.7 Å². The van der Waals surface area contributed by atoms with E-state index in [4.69, 9.17) is 13.9 Å². The molecule has 0 spiro atoms. The van der Waals surface area contributed by atoms with E-state index in [9.17, 15) is 4.21 Å². The summed E-state index contributed by atoms with van der Waals surface area (Å²) in [7, 11) is 1.56. The van der Waals surface area contributed by atoms with Gasteiger partial charge in [-0.3, -0.25) is 0 Å². The van der Waals surface area contributed by atoms with E-state index >= 15 is 0 Å². The maximum absolute atomic E-state index is 11.0. The number of rotatable bonds is 2. The molecule has 5 nitrogen and oxygen atoms in total. The van der Waals surface area contributed by atoms with Crippen LogP contribution in [0.3, 0.4) is 0 Å². The first-order chi connectivity index (χ1) is 8.66. The summed E-state index contributed by atoms with van der Waals surface area (Å²) in [6.07, 6.45) is 0. The van der Waals surface area contributed by atoms with E-state index in [1.165, 1.54) is 0 Å². The van der Waals surface area contributed by atoms with Gasteiger partial charge in [0.25, 0.3) is 0 Å². The van der Waals surface area contributed by atoms with Gasteiger partial charge in [0.15, 0.2) is 11.1 Å². The zero-order valence-electron chi connectivity index (χ0n) is 12.2. The molecule has 1 unspecified atom stereocenters. The molecular formula is C11H17BLiNO4S. The average molecular weight is 277 g/mol. The Morgan fingerprint density at radius 1 is 1.37 bits per heavy atom. The van der Waals surface area contributed by atoms with E-state index in [0.717, 1.165) is 18.6 Å². The molecule has 1 aromatic rings. The van der Waals surface area contributed by atoms with Gasteiger partial charge in [0.05, 0.1) is 4.90 Å². The van der Waals surface area contributed by atoms with Crippen LogP contribution in [0.15, 0.2) is 29.2 Å². The van der Waals surface area contributed by atoms with Crippen LogP contribution in [0.5, 0.6) is 0 Å². The number of hydrogen-bond acceptors (Lipinski definition) is 4. The van der Waals surface area contributed by atoms with E-state index in [2.05, 4.69) is 4.90 Å².